The van der Waals surface area contributed by atoms with Gasteiger partial charge in [0.05, 0.1) is 29.8 Å². The number of alkyl halides is 1. The third kappa shape index (κ3) is 3.04. The molecule has 4 heteroatoms. The van der Waals surface area contributed by atoms with Gasteiger partial charge in [-0.15, -0.1) is 0 Å². The van der Waals surface area contributed by atoms with Gasteiger partial charge in [0, 0.05) is 6.42 Å². The molecule has 0 aromatic carbocycles. The first-order valence-corrected chi connectivity index (χ1v) is 4.86. The Morgan fingerprint density at radius 2 is 2.45 bits per heavy atom. The molecule has 0 bridgehead atoms. The number of hydrogen-bond donors (Lipinski definition) is 0. The molecule has 0 aromatic rings. The van der Waals surface area contributed by atoms with Gasteiger partial charge in [0.2, 0.25) is 0 Å². The minimum absolute atomic E-state index is 0.190. The predicted molar refractivity (Wildman–Crippen MR) is 49.0 cm³/mol. The van der Waals surface area contributed by atoms with Crippen molar-refractivity contribution in [2.45, 2.75) is 16.4 Å². The maximum Gasteiger partial charge on any atom is 0.122 e. The second kappa shape index (κ2) is 5.05. The lowest BCUT2D eigenvalue weighted by Crippen LogP contribution is -2.22. The second-order valence-electron chi connectivity index (χ2n) is 2.42. The number of aldehydes is 1. The zero-order valence-electron chi connectivity index (χ0n) is 6.16. The summed E-state index contributed by atoms with van der Waals surface area (Å²) in [4.78, 5) is 9.95. The van der Waals surface area contributed by atoms with Crippen LogP contribution in [-0.2, 0) is 14.3 Å². The molecule has 0 amide bonds. The molecule has 1 aliphatic heterocycles. The van der Waals surface area contributed by atoms with Gasteiger partial charge >= 0.3 is 0 Å². The summed E-state index contributed by atoms with van der Waals surface area (Å²) in [5.74, 6) is 0. The topological polar surface area (TPSA) is 35.5 Å². The van der Waals surface area contributed by atoms with E-state index in [2.05, 4.69) is 22.6 Å². The fraction of sp³-hybridized carbons (Fsp3) is 0.857. The summed E-state index contributed by atoms with van der Waals surface area (Å²) in [6.07, 6.45) is 1.55. The van der Waals surface area contributed by atoms with Crippen molar-refractivity contribution in [1.82, 2.24) is 0 Å². The van der Waals surface area contributed by atoms with E-state index in [9.17, 15) is 4.79 Å². The molecular formula is C7H11IO3. The maximum atomic E-state index is 9.95. The summed E-state index contributed by atoms with van der Waals surface area (Å²) in [7, 11) is 0. The minimum atomic E-state index is 0.190. The van der Waals surface area contributed by atoms with Crippen molar-refractivity contribution in [2.75, 3.05) is 19.8 Å². The molecule has 0 N–H and O–H groups in total. The van der Waals surface area contributed by atoms with Gasteiger partial charge in [0.1, 0.15) is 6.29 Å². The van der Waals surface area contributed by atoms with Gasteiger partial charge in [-0.1, -0.05) is 22.6 Å². The Morgan fingerprint density at radius 1 is 1.64 bits per heavy atom. The Balaban J connectivity index is 2.10. The first kappa shape index (κ1) is 9.41. The van der Waals surface area contributed by atoms with Gasteiger partial charge in [-0.3, -0.25) is 0 Å². The number of carbonyl (C=O) groups is 1. The van der Waals surface area contributed by atoms with E-state index in [4.69, 9.17) is 9.47 Å². The van der Waals surface area contributed by atoms with E-state index in [0.29, 0.717) is 23.6 Å². The average Bonchev–Trinajstić information content (AvgIpc) is 2.37. The quantitative estimate of drug-likeness (QED) is 0.328. The van der Waals surface area contributed by atoms with E-state index < -0.39 is 0 Å². The Bertz CT molecular complexity index is 129. The summed E-state index contributed by atoms with van der Waals surface area (Å²) in [5, 5.41) is 0. The largest absolute Gasteiger partial charge is 0.378 e. The number of ether oxygens (including phenoxy) is 2. The molecule has 0 aliphatic carbocycles. The van der Waals surface area contributed by atoms with Crippen molar-refractivity contribution in [3.05, 3.63) is 0 Å². The fourth-order valence-corrected chi connectivity index (χ4v) is 1.60. The molecule has 1 fully saturated rings. The van der Waals surface area contributed by atoms with Crippen molar-refractivity contribution >= 4 is 28.9 Å². The van der Waals surface area contributed by atoms with Gasteiger partial charge in [0.15, 0.2) is 0 Å². The Morgan fingerprint density at radius 3 is 3.00 bits per heavy atom. The second-order valence-corrected chi connectivity index (χ2v) is 4.02. The van der Waals surface area contributed by atoms with Gasteiger partial charge < -0.3 is 14.3 Å². The molecule has 11 heavy (non-hydrogen) atoms. The van der Waals surface area contributed by atoms with Crippen LogP contribution in [0.15, 0.2) is 0 Å². The van der Waals surface area contributed by atoms with Crippen molar-refractivity contribution in [3.63, 3.8) is 0 Å². The highest BCUT2D eigenvalue weighted by Crippen LogP contribution is 2.17. The molecule has 3 nitrogen and oxygen atoms in total. The molecule has 0 radical (unpaired) electrons. The maximum absolute atomic E-state index is 9.95. The van der Waals surface area contributed by atoms with Crippen LogP contribution in [0.2, 0.25) is 0 Å². The number of halogens is 1. The van der Waals surface area contributed by atoms with Crippen molar-refractivity contribution < 1.29 is 14.3 Å². The van der Waals surface area contributed by atoms with Gasteiger partial charge in [-0.25, -0.2) is 0 Å². The van der Waals surface area contributed by atoms with Crippen LogP contribution in [0, 0.1) is 0 Å². The van der Waals surface area contributed by atoms with Crippen LogP contribution in [0.1, 0.15) is 6.42 Å². The Hall–Kier alpha value is 0.320. The number of carbonyl (C=O) groups excluding carboxylic acids is 1. The Kier molecular flexibility index (Phi) is 4.32. The van der Waals surface area contributed by atoms with Crippen molar-refractivity contribution in [2.24, 2.45) is 0 Å². The van der Waals surface area contributed by atoms with Crippen LogP contribution in [0.5, 0.6) is 0 Å². The van der Waals surface area contributed by atoms with Gasteiger partial charge in [-0.2, -0.15) is 0 Å². The SMILES string of the molecule is O=CCCOC1COCC1I. The summed E-state index contributed by atoms with van der Waals surface area (Å²) in [6, 6.07) is 0. The lowest BCUT2D eigenvalue weighted by atomic mass is 10.3. The summed E-state index contributed by atoms with van der Waals surface area (Å²) >= 11 is 2.31. The highest BCUT2D eigenvalue weighted by molar-refractivity contribution is 14.1. The standard InChI is InChI=1S/C7H11IO3/c8-6-4-10-5-7(6)11-3-1-2-9/h2,6-7H,1,3-5H2. The zero-order valence-corrected chi connectivity index (χ0v) is 8.32. The van der Waals surface area contributed by atoms with Gasteiger partial charge in [-0.05, 0) is 0 Å². The molecular weight excluding hydrogens is 259 g/mol. The van der Waals surface area contributed by atoms with E-state index in [1.165, 1.54) is 0 Å². The third-order valence-electron chi connectivity index (χ3n) is 1.53. The summed E-state index contributed by atoms with van der Waals surface area (Å²) in [6.45, 7) is 1.97. The zero-order chi connectivity index (χ0) is 8.10. The molecule has 2 unspecified atom stereocenters. The highest BCUT2D eigenvalue weighted by atomic mass is 127. The van der Waals surface area contributed by atoms with E-state index in [1.54, 1.807) is 0 Å². The molecule has 0 spiro atoms. The van der Waals surface area contributed by atoms with Crippen LogP contribution in [0.4, 0.5) is 0 Å². The molecule has 0 saturated carbocycles. The first-order valence-electron chi connectivity index (χ1n) is 3.61. The number of hydrogen-bond acceptors (Lipinski definition) is 3. The van der Waals surface area contributed by atoms with E-state index in [0.717, 1.165) is 12.9 Å². The van der Waals surface area contributed by atoms with Crippen LogP contribution in [0.3, 0.4) is 0 Å². The molecule has 1 aliphatic rings. The fourth-order valence-electron chi connectivity index (χ4n) is 0.929. The third-order valence-corrected chi connectivity index (χ3v) is 2.69. The van der Waals surface area contributed by atoms with E-state index in [-0.39, 0.29) is 6.10 Å². The molecule has 64 valence electrons. The van der Waals surface area contributed by atoms with Crippen molar-refractivity contribution in [3.8, 4) is 0 Å². The molecule has 1 heterocycles. The lowest BCUT2D eigenvalue weighted by molar-refractivity contribution is -0.109. The van der Waals surface area contributed by atoms with Gasteiger partial charge in [0.25, 0.3) is 0 Å². The lowest BCUT2D eigenvalue weighted by Gasteiger charge is -2.11. The summed E-state index contributed by atoms with van der Waals surface area (Å²) in [5.41, 5.74) is 0. The molecule has 1 saturated heterocycles. The van der Waals surface area contributed by atoms with E-state index >= 15 is 0 Å². The van der Waals surface area contributed by atoms with Crippen LogP contribution >= 0.6 is 22.6 Å². The predicted octanol–water partition coefficient (Wildman–Crippen LogP) is 0.794. The average molecular weight is 270 g/mol. The normalized spacial score (nSPS) is 30.6. The number of rotatable bonds is 4. The molecule has 1 rings (SSSR count). The van der Waals surface area contributed by atoms with Crippen LogP contribution in [0.25, 0.3) is 0 Å². The Labute approximate surface area is 79.6 Å². The minimum Gasteiger partial charge on any atom is -0.378 e. The summed E-state index contributed by atoms with van der Waals surface area (Å²) < 4.78 is 11.0. The first-order chi connectivity index (χ1) is 5.34. The molecule has 2 atom stereocenters. The van der Waals surface area contributed by atoms with Crippen LogP contribution in [-0.4, -0.2) is 36.1 Å². The monoisotopic (exact) mass is 270 g/mol. The van der Waals surface area contributed by atoms with Crippen molar-refractivity contribution in [1.29, 1.82) is 0 Å². The molecule has 0 aromatic heterocycles. The van der Waals surface area contributed by atoms with E-state index in [1.807, 2.05) is 0 Å². The van der Waals surface area contributed by atoms with Crippen LogP contribution < -0.4 is 0 Å². The smallest absolute Gasteiger partial charge is 0.122 e. The highest BCUT2D eigenvalue weighted by Gasteiger charge is 2.25.